The van der Waals surface area contributed by atoms with Crippen molar-refractivity contribution in [3.63, 3.8) is 0 Å². The molecule has 26 heavy (non-hydrogen) atoms. The number of hydrogen-bond donors (Lipinski definition) is 2. The molecule has 0 aliphatic heterocycles. The highest BCUT2D eigenvalue weighted by Gasteiger charge is 2.33. The van der Waals surface area contributed by atoms with Crippen molar-refractivity contribution in [2.75, 3.05) is 29.0 Å². The lowest BCUT2D eigenvalue weighted by Crippen LogP contribution is -2.26. The summed E-state index contributed by atoms with van der Waals surface area (Å²) < 4.78 is 38.9. The van der Waals surface area contributed by atoms with Crippen LogP contribution in [0.15, 0.2) is 24.5 Å². The lowest BCUT2D eigenvalue weighted by Gasteiger charge is -2.20. The molecule has 7 nitrogen and oxygen atoms in total. The van der Waals surface area contributed by atoms with Crippen LogP contribution in [0, 0.1) is 22.7 Å². The van der Waals surface area contributed by atoms with Gasteiger partial charge in [-0.1, -0.05) is 11.6 Å². The monoisotopic (exact) mass is 381 g/mol. The van der Waals surface area contributed by atoms with Crippen LogP contribution in [0.4, 0.5) is 36.2 Å². The van der Waals surface area contributed by atoms with Gasteiger partial charge in [-0.3, -0.25) is 0 Å². The minimum absolute atomic E-state index is 0.0125. The van der Waals surface area contributed by atoms with E-state index in [1.54, 1.807) is 0 Å². The van der Waals surface area contributed by atoms with Crippen molar-refractivity contribution in [2.45, 2.75) is 6.18 Å². The molecular weight excluding hydrogens is 371 g/mol. The molecule has 0 aliphatic carbocycles. The van der Waals surface area contributed by atoms with E-state index < -0.39 is 16.8 Å². The zero-order valence-corrected chi connectivity index (χ0v) is 13.8. The Morgan fingerprint density at radius 3 is 2.42 bits per heavy atom. The maximum absolute atomic E-state index is 13.0. The molecule has 0 unspecified atom stereocenters. The van der Waals surface area contributed by atoms with Crippen molar-refractivity contribution in [1.29, 1.82) is 10.5 Å². The number of nitrogens with zero attached hydrogens (tertiary/aromatic N) is 5. The maximum atomic E-state index is 13.0. The number of halogens is 4. The van der Waals surface area contributed by atoms with Gasteiger partial charge in [-0.2, -0.15) is 23.7 Å². The molecule has 0 saturated heterocycles. The molecule has 1 aromatic carbocycles. The third-order valence-electron chi connectivity index (χ3n) is 3.22. The van der Waals surface area contributed by atoms with Gasteiger partial charge in [0, 0.05) is 5.69 Å². The quantitative estimate of drug-likeness (QED) is 0.763. The number of nitrogens with two attached hydrogens (primary N) is 1. The number of anilines is 4. The SMILES string of the molecule is N#CCN(CC#N)c1ncnc(Nc2ccc(Cl)c(C(F)(F)F)c2)c1N. The lowest BCUT2D eigenvalue weighted by molar-refractivity contribution is -0.137. The molecule has 0 saturated carbocycles. The van der Waals surface area contributed by atoms with Gasteiger partial charge in [-0.15, -0.1) is 0 Å². The van der Waals surface area contributed by atoms with E-state index in [2.05, 4.69) is 15.3 Å². The molecule has 0 bridgehead atoms. The standard InChI is InChI=1S/C15H11ClF3N7/c16-11-2-1-9(7-10(11)15(17,18)19)25-13-12(22)14(24-8-23-13)26(5-3-20)6-4-21/h1-2,7-8H,5-6,22H2,(H,23,24,25). The highest BCUT2D eigenvalue weighted by molar-refractivity contribution is 6.31. The molecule has 0 radical (unpaired) electrons. The summed E-state index contributed by atoms with van der Waals surface area (Å²) in [5.74, 6) is 0.155. The molecule has 1 aromatic heterocycles. The highest BCUT2D eigenvalue weighted by atomic mass is 35.5. The van der Waals surface area contributed by atoms with Gasteiger partial charge in [0.1, 0.15) is 25.1 Å². The van der Waals surface area contributed by atoms with Crippen LogP contribution in [0.2, 0.25) is 5.02 Å². The topological polar surface area (TPSA) is 115 Å². The van der Waals surface area contributed by atoms with Gasteiger partial charge in [0.25, 0.3) is 0 Å². The summed E-state index contributed by atoms with van der Waals surface area (Å²) in [6.45, 7) is -0.291. The predicted octanol–water partition coefficient (Wildman–Crippen LogP) is 3.33. The smallest absolute Gasteiger partial charge is 0.393 e. The van der Waals surface area contributed by atoms with E-state index in [0.29, 0.717) is 0 Å². The van der Waals surface area contributed by atoms with E-state index in [1.807, 2.05) is 12.1 Å². The second-order valence-electron chi connectivity index (χ2n) is 4.95. The number of nitrogens with one attached hydrogen (secondary N) is 1. The summed E-state index contributed by atoms with van der Waals surface area (Å²) >= 11 is 5.59. The summed E-state index contributed by atoms with van der Waals surface area (Å²) in [6.07, 6.45) is -3.50. The first-order chi connectivity index (χ1) is 12.3. The normalized spacial score (nSPS) is 10.7. The maximum Gasteiger partial charge on any atom is 0.417 e. The average molecular weight is 382 g/mol. The second kappa shape index (κ2) is 7.76. The van der Waals surface area contributed by atoms with Crippen molar-refractivity contribution in [2.24, 2.45) is 0 Å². The van der Waals surface area contributed by atoms with Gasteiger partial charge in [0.15, 0.2) is 11.6 Å². The number of hydrogen-bond acceptors (Lipinski definition) is 7. The van der Waals surface area contributed by atoms with Gasteiger partial charge in [0.2, 0.25) is 0 Å². The molecule has 1 heterocycles. The largest absolute Gasteiger partial charge is 0.417 e. The first-order valence-corrected chi connectivity index (χ1v) is 7.38. The minimum atomic E-state index is -4.62. The summed E-state index contributed by atoms with van der Waals surface area (Å²) in [5, 5.41) is 19.9. The highest BCUT2D eigenvalue weighted by Crippen LogP contribution is 2.37. The van der Waals surface area contributed by atoms with Crippen LogP contribution < -0.4 is 16.0 Å². The Labute approximate surface area is 151 Å². The van der Waals surface area contributed by atoms with Crippen LogP contribution in [0.25, 0.3) is 0 Å². The average Bonchev–Trinajstić information content (AvgIpc) is 2.57. The third-order valence-corrected chi connectivity index (χ3v) is 3.55. The van der Waals surface area contributed by atoms with Crippen molar-refractivity contribution >= 4 is 34.6 Å². The fourth-order valence-electron chi connectivity index (χ4n) is 2.07. The van der Waals surface area contributed by atoms with Crippen molar-refractivity contribution in [3.8, 4) is 12.1 Å². The van der Waals surface area contributed by atoms with E-state index in [4.69, 9.17) is 27.9 Å². The molecule has 2 rings (SSSR count). The van der Waals surface area contributed by atoms with E-state index in [1.165, 1.54) is 11.0 Å². The zero-order valence-electron chi connectivity index (χ0n) is 13.0. The fourth-order valence-corrected chi connectivity index (χ4v) is 2.30. The van der Waals surface area contributed by atoms with Gasteiger partial charge < -0.3 is 16.0 Å². The Morgan fingerprint density at radius 2 is 1.85 bits per heavy atom. The van der Waals surface area contributed by atoms with Crippen LogP contribution in [0.1, 0.15) is 5.56 Å². The van der Waals surface area contributed by atoms with Crippen molar-refractivity contribution in [3.05, 3.63) is 35.1 Å². The third kappa shape index (κ3) is 4.23. The lowest BCUT2D eigenvalue weighted by atomic mass is 10.2. The molecule has 2 aromatic rings. The minimum Gasteiger partial charge on any atom is -0.393 e. The molecule has 0 spiro atoms. The van der Waals surface area contributed by atoms with E-state index in [9.17, 15) is 13.2 Å². The molecular formula is C15H11ClF3N7. The number of rotatable bonds is 5. The number of aromatic nitrogens is 2. The predicted molar refractivity (Wildman–Crippen MR) is 89.6 cm³/mol. The number of nitriles is 2. The molecule has 0 aliphatic rings. The summed E-state index contributed by atoms with van der Waals surface area (Å²) in [4.78, 5) is 9.14. The molecule has 0 fully saturated rings. The first-order valence-electron chi connectivity index (χ1n) is 7.01. The van der Waals surface area contributed by atoms with Gasteiger partial charge in [0.05, 0.1) is 22.7 Å². The van der Waals surface area contributed by atoms with Crippen molar-refractivity contribution < 1.29 is 13.2 Å². The van der Waals surface area contributed by atoms with Crippen LogP contribution in [-0.4, -0.2) is 23.1 Å². The summed E-state index contributed by atoms with van der Waals surface area (Å²) in [7, 11) is 0. The van der Waals surface area contributed by atoms with Crippen LogP contribution in [0.5, 0.6) is 0 Å². The Bertz CT molecular complexity index is 870. The fraction of sp³-hybridized carbons (Fsp3) is 0.200. The van der Waals surface area contributed by atoms with Gasteiger partial charge >= 0.3 is 6.18 Å². The zero-order chi connectivity index (χ0) is 19.3. The Hall–Kier alpha value is -3.24. The van der Waals surface area contributed by atoms with Crippen LogP contribution >= 0.6 is 11.6 Å². The first kappa shape index (κ1) is 19.1. The number of nitrogen functional groups attached to an aromatic ring is 1. The van der Waals surface area contributed by atoms with Crippen LogP contribution in [0.3, 0.4) is 0 Å². The molecule has 0 amide bonds. The van der Waals surface area contributed by atoms with Gasteiger partial charge in [-0.05, 0) is 18.2 Å². The molecule has 11 heteroatoms. The van der Waals surface area contributed by atoms with Gasteiger partial charge in [-0.25, -0.2) is 9.97 Å². The Kier molecular flexibility index (Phi) is 5.70. The van der Waals surface area contributed by atoms with Crippen molar-refractivity contribution in [1.82, 2.24) is 9.97 Å². The Balaban J connectivity index is 2.39. The molecule has 3 N–H and O–H groups in total. The number of benzene rings is 1. The Morgan fingerprint density at radius 1 is 1.19 bits per heavy atom. The molecule has 134 valence electrons. The molecule has 0 atom stereocenters. The van der Waals surface area contributed by atoms with Crippen LogP contribution in [-0.2, 0) is 6.18 Å². The number of alkyl halides is 3. The second-order valence-corrected chi connectivity index (χ2v) is 5.36. The van der Waals surface area contributed by atoms with E-state index in [0.717, 1.165) is 18.5 Å². The summed E-state index contributed by atoms with van der Waals surface area (Å²) in [6, 6.07) is 7.01. The summed E-state index contributed by atoms with van der Waals surface area (Å²) in [5.41, 5.74) is 4.99. The van der Waals surface area contributed by atoms with E-state index in [-0.39, 0.29) is 36.1 Å². The van der Waals surface area contributed by atoms with E-state index >= 15 is 0 Å².